The van der Waals surface area contributed by atoms with Gasteiger partial charge in [0, 0.05) is 29.9 Å². The third kappa shape index (κ3) is 3.14. The van der Waals surface area contributed by atoms with Crippen molar-refractivity contribution in [3.05, 3.63) is 17.4 Å². The fourth-order valence-electron chi connectivity index (χ4n) is 1.76. The molecule has 2 rings (SSSR count). The van der Waals surface area contributed by atoms with Crippen molar-refractivity contribution in [3.8, 4) is 0 Å². The highest BCUT2D eigenvalue weighted by Gasteiger charge is 2.22. The third-order valence-corrected chi connectivity index (χ3v) is 3.96. The van der Waals surface area contributed by atoms with Gasteiger partial charge in [0.15, 0.2) is 5.82 Å². The zero-order chi connectivity index (χ0) is 12.3. The number of aromatic nitrogens is 3. The van der Waals surface area contributed by atoms with Crippen LogP contribution in [0.3, 0.4) is 0 Å². The standard InChI is InChI=1S/C10H15ClN4OS/c1-7(11)6-17-10-14-13-9(15(10)12)8-2-4-16-5-3-8/h8H,1-6,12H2. The molecule has 1 aliphatic heterocycles. The Hall–Kier alpha value is -0.720. The van der Waals surface area contributed by atoms with Crippen molar-refractivity contribution in [2.24, 2.45) is 0 Å². The van der Waals surface area contributed by atoms with E-state index in [-0.39, 0.29) is 0 Å². The second-order valence-corrected chi connectivity index (χ2v) is 5.38. The molecule has 1 aliphatic rings. The second kappa shape index (κ2) is 5.75. The number of hydrogen-bond acceptors (Lipinski definition) is 5. The van der Waals surface area contributed by atoms with Gasteiger partial charge in [-0.05, 0) is 12.8 Å². The lowest BCUT2D eigenvalue weighted by molar-refractivity contribution is 0.0830. The van der Waals surface area contributed by atoms with E-state index in [1.807, 2.05) is 0 Å². The van der Waals surface area contributed by atoms with E-state index < -0.39 is 0 Å². The van der Waals surface area contributed by atoms with Crippen molar-refractivity contribution in [2.75, 3.05) is 24.8 Å². The van der Waals surface area contributed by atoms with Crippen molar-refractivity contribution in [2.45, 2.75) is 23.9 Å². The first-order valence-corrected chi connectivity index (χ1v) is 6.79. The highest BCUT2D eigenvalue weighted by Crippen LogP contribution is 2.27. The molecule has 0 saturated carbocycles. The summed E-state index contributed by atoms with van der Waals surface area (Å²) in [4.78, 5) is 0. The molecule has 0 atom stereocenters. The summed E-state index contributed by atoms with van der Waals surface area (Å²) in [6.45, 7) is 5.15. The molecule has 1 aromatic heterocycles. The smallest absolute Gasteiger partial charge is 0.210 e. The van der Waals surface area contributed by atoms with Gasteiger partial charge in [-0.2, -0.15) is 0 Å². The molecule has 1 saturated heterocycles. The van der Waals surface area contributed by atoms with E-state index in [2.05, 4.69) is 16.8 Å². The average molecular weight is 275 g/mol. The van der Waals surface area contributed by atoms with Crippen molar-refractivity contribution in [1.82, 2.24) is 14.9 Å². The van der Waals surface area contributed by atoms with Gasteiger partial charge >= 0.3 is 0 Å². The fourth-order valence-corrected chi connectivity index (χ4v) is 2.54. The summed E-state index contributed by atoms with van der Waals surface area (Å²) < 4.78 is 6.87. The highest BCUT2D eigenvalue weighted by atomic mass is 35.5. The Kier molecular flexibility index (Phi) is 4.31. The van der Waals surface area contributed by atoms with Crippen LogP contribution >= 0.6 is 23.4 Å². The molecular formula is C10H15ClN4OS. The van der Waals surface area contributed by atoms with Crippen LogP contribution in [0.25, 0.3) is 0 Å². The monoisotopic (exact) mass is 274 g/mol. The molecule has 0 bridgehead atoms. The van der Waals surface area contributed by atoms with Crippen molar-refractivity contribution in [1.29, 1.82) is 0 Å². The van der Waals surface area contributed by atoms with E-state index in [0.29, 0.717) is 21.9 Å². The molecule has 1 fully saturated rings. The molecule has 2 heterocycles. The highest BCUT2D eigenvalue weighted by molar-refractivity contribution is 7.99. The molecule has 0 amide bonds. The number of halogens is 1. The normalized spacial score (nSPS) is 17.2. The number of nitrogens with two attached hydrogens (primary N) is 1. The zero-order valence-corrected chi connectivity index (χ0v) is 11.0. The number of hydrogen-bond donors (Lipinski definition) is 1. The molecule has 0 aromatic carbocycles. The van der Waals surface area contributed by atoms with Crippen molar-refractivity contribution in [3.63, 3.8) is 0 Å². The maximum Gasteiger partial charge on any atom is 0.210 e. The molecule has 0 spiro atoms. The quantitative estimate of drug-likeness (QED) is 0.669. The second-order valence-electron chi connectivity index (χ2n) is 3.90. The number of ether oxygens (including phenoxy) is 1. The Labute approximate surface area is 109 Å². The van der Waals surface area contributed by atoms with Crippen LogP contribution in [0.1, 0.15) is 24.6 Å². The van der Waals surface area contributed by atoms with Gasteiger partial charge < -0.3 is 10.6 Å². The summed E-state index contributed by atoms with van der Waals surface area (Å²) in [6, 6.07) is 0. The zero-order valence-electron chi connectivity index (χ0n) is 9.43. The van der Waals surface area contributed by atoms with E-state index in [9.17, 15) is 0 Å². The Morgan fingerprint density at radius 1 is 1.53 bits per heavy atom. The first-order valence-electron chi connectivity index (χ1n) is 5.42. The van der Waals surface area contributed by atoms with Gasteiger partial charge in [-0.1, -0.05) is 29.9 Å². The SMILES string of the molecule is C=C(Cl)CSc1nnc(C2CCOCC2)n1N. The first-order chi connectivity index (χ1) is 8.18. The van der Waals surface area contributed by atoms with Crippen LogP contribution in [0.4, 0.5) is 0 Å². The predicted octanol–water partition coefficient (Wildman–Crippen LogP) is 1.73. The van der Waals surface area contributed by atoms with Crippen LogP contribution in [0, 0.1) is 0 Å². The predicted molar refractivity (Wildman–Crippen MR) is 68.7 cm³/mol. The van der Waals surface area contributed by atoms with E-state index in [1.165, 1.54) is 11.8 Å². The van der Waals surface area contributed by atoms with Crippen LogP contribution in [-0.4, -0.2) is 33.8 Å². The molecule has 0 radical (unpaired) electrons. The van der Waals surface area contributed by atoms with Crippen molar-refractivity contribution >= 4 is 23.4 Å². The van der Waals surface area contributed by atoms with Gasteiger partial charge in [-0.15, -0.1) is 10.2 Å². The summed E-state index contributed by atoms with van der Waals surface area (Å²) in [5.41, 5.74) is 0. The Morgan fingerprint density at radius 2 is 2.24 bits per heavy atom. The Balaban J connectivity index is 2.05. The summed E-state index contributed by atoms with van der Waals surface area (Å²) in [7, 11) is 0. The number of thioether (sulfide) groups is 1. The lowest BCUT2D eigenvalue weighted by Gasteiger charge is -2.20. The molecule has 5 nitrogen and oxygen atoms in total. The molecule has 0 aliphatic carbocycles. The Bertz CT molecular complexity index is 403. The molecule has 7 heteroatoms. The number of rotatable bonds is 4. The van der Waals surface area contributed by atoms with Crippen molar-refractivity contribution < 1.29 is 4.74 Å². The molecule has 17 heavy (non-hydrogen) atoms. The van der Waals surface area contributed by atoms with Gasteiger partial charge in [0.2, 0.25) is 5.16 Å². The first kappa shape index (κ1) is 12.7. The number of nitrogen functional groups attached to an aromatic ring is 1. The van der Waals surface area contributed by atoms with Crippen LogP contribution in [-0.2, 0) is 4.74 Å². The fraction of sp³-hybridized carbons (Fsp3) is 0.600. The van der Waals surface area contributed by atoms with Crippen LogP contribution < -0.4 is 5.84 Å². The summed E-state index contributed by atoms with van der Waals surface area (Å²) in [5, 5.41) is 9.48. The van der Waals surface area contributed by atoms with E-state index >= 15 is 0 Å². The molecule has 0 unspecified atom stereocenters. The molecule has 1 aromatic rings. The van der Waals surface area contributed by atoms with Gasteiger partial charge in [0.25, 0.3) is 0 Å². The van der Waals surface area contributed by atoms with Gasteiger partial charge in [-0.25, -0.2) is 4.68 Å². The Morgan fingerprint density at radius 3 is 2.88 bits per heavy atom. The molecule has 94 valence electrons. The summed E-state index contributed by atoms with van der Waals surface area (Å²) in [5.74, 6) is 7.74. The maximum atomic E-state index is 5.98. The lowest BCUT2D eigenvalue weighted by atomic mass is 10.00. The van der Waals surface area contributed by atoms with Gasteiger partial charge in [-0.3, -0.25) is 0 Å². The van der Waals surface area contributed by atoms with Crippen LogP contribution in [0.15, 0.2) is 16.8 Å². The van der Waals surface area contributed by atoms with E-state index in [4.69, 9.17) is 22.2 Å². The average Bonchev–Trinajstić information content (AvgIpc) is 2.69. The van der Waals surface area contributed by atoms with E-state index in [1.54, 1.807) is 4.68 Å². The van der Waals surface area contributed by atoms with Crippen LogP contribution in [0.5, 0.6) is 0 Å². The lowest BCUT2D eigenvalue weighted by Crippen LogP contribution is -2.22. The minimum atomic E-state index is 0.342. The number of nitrogens with zero attached hydrogens (tertiary/aromatic N) is 3. The minimum Gasteiger partial charge on any atom is -0.381 e. The van der Waals surface area contributed by atoms with Gasteiger partial charge in [0.1, 0.15) is 0 Å². The largest absolute Gasteiger partial charge is 0.381 e. The molecule has 2 N–H and O–H groups in total. The third-order valence-electron chi connectivity index (χ3n) is 2.64. The summed E-state index contributed by atoms with van der Waals surface area (Å²) in [6.07, 6.45) is 1.89. The maximum absolute atomic E-state index is 5.98. The van der Waals surface area contributed by atoms with E-state index in [0.717, 1.165) is 31.9 Å². The summed E-state index contributed by atoms with van der Waals surface area (Å²) >= 11 is 7.15. The van der Waals surface area contributed by atoms with Crippen LogP contribution in [0.2, 0.25) is 0 Å². The minimum absolute atomic E-state index is 0.342. The topological polar surface area (TPSA) is 66.0 Å². The molecular weight excluding hydrogens is 260 g/mol. The van der Waals surface area contributed by atoms with Gasteiger partial charge in [0.05, 0.1) is 0 Å².